The van der Waals surface area contributed by atoms with Crippen molar-refractivity contribution < 1.29 is 4.79 Å². The Morgan fingerprint density at radius 2 is 2.29 bits per heavy atom. The maximum Gasteiger partial charge on any atom is 0.211 e. The molecule has 0 aliphatic heterocycles. The fraction of sp³-hybridized carbons (Fsp3) is 0. The first kappa shape index (κ1) is 5.95. The molecule has 0 aliphatic rings. The van der Waals surface area contributed by atoms with Gasteiger partial charge in [-0.15, -0.1) is 0 Å². The smallest absolute Gasteiger partial charge is 0.211 e. The Morgan fingerprint density at radius 1 is 1.57 bits per heavy atom. The summed E-state index contributed by atoms with van der Waals surface area (Å²) >= 11 is 0. The zero-order valence-electron chi connectivity index (χ0n) is 3.92. The molecular formula is C5H7NO. The molecular weight excluding hydrogens is 90.1 g/mol. The molecule has 0 unspecified atom stereocenters. The highest BCUT2D eigenvalue weighted by atomic mass is 16.1. The molecule has 0 atom stereocenters. The second-order valence-electron chi connectivity index (χ2n) is 0.879. The number of carbonyl (C=O) groups is 1. The summed E-state index contributed by atoms with van der Waals surface area (Å²) in [6.07, 6.45) is 5.31. The Morgan fingerprint density at radius 3 is 2.71 bits per heavy atom. The number of hydrogen-bond donors (Lipinski definition) is 1. The summed E-state index contributed by atoms with van der Waals surface area (Å²) in [5, 5.41) is 2.32. The lowest BCUT2D eigenvalue weighted by Gasteiger charge is -1.75. The zero-order valence-corrected chi connectivity index (χ0v) is 3.92. The minimum absolute atomic E-state index is 0.597. The molecule has 38 valence electrons. The number of hydrogen-bond acceptors (Lipinski definition) is 1. The van der Waals surface area contributed by atoms with Gasteiger partial charge in [-0.25, -0.2) is 0 Å². The van der Waals surface area contributed by atoms with E-state index >= 15 is 0 Å². The number of amides is 1. The number of rotatable bonds is 3. The van der Waals surface area contributed by atoms with Gasteiger partial charge in [0.25, 0.3) is 0 Å². The number of nitrogens with one attached hydrogen (secondary N) is 1. The Kier molecular flexibility index (Phi) is 4.21. The monoisotopic (exact) mass is 97.1 g/mol. The van der Waals surface area contributed by atoms with Gasteiger partial charge in [0.15, 0.2) is 0 Å². The number of carbonyl (C=O) groups excluding carboxylic acids is 1. The van der Waals surface area contributed by atoms with Crippen LogP contribution in [-0.4, -0.2) is 6.41 Å². The predicted molar refractivity (Wildman–Crippen MR) is 28.5 cm³/mol. The highest BCUT2D eigenvalue weighted by molar-refractivity contribution is 5.47. The molecule has 0 aromatic carbocycles. The minimum Gasteiger partial charge on any atom is -0.335 e. The molecule has 2 nitrogen and oxygen atoms in total. The largest absolute Gasteiger partial charge is 0.335 e. The zero-order chi connectivity index (χ0) is 5.54. The lowest BCUT2D eigenvalue weighted by Crippen LogP contribution is -1.97. The van der Waals surface area contributed by atoms with Crippen LogP contribution in [0, 0.1) is 0 Å². The fourth-order valence-corrected chi connectivity index (χ4v) is 0.163. The molecule has 0 heterocycles. The Labute approximate surface area is 42.5 Å². The van der Waals surface area contributed by atoms with Gasteiger partial charge in [-0.2, -0.15) is 0 Å². The van der Waals surface area contributed by atoms with Gasteiger partial charge in [-0.3, -0.25) is 4.79 Å². The van der Waals surface area contributed by atoms with Gasteiger partial charge in [0, 0.05) is 6.20 Å². The molecule has 0 radical (unpaired) electrons. The van der Waals surface area contributed by atoms with Gasteiger partial charge in [0.1, 0.15) is 0 Å². The van der Waals surface area contributed by atoms with Crippen LogP contribution in [0.3, 0.4) is 0 Å². The van der Waals surface area contributed by atoms with E-state index in [0.29, 0.717) is 6.41 Å². The van der Waals surface area contributed by atoms with Crippen LogP contribution in [0.1, 0.15) is 0 Å². The van der Waals surface area contributed by atoms with Crippen molar-refractivity contribution >= 4 is 6.41 Å². The maximum absolute atomic E-state index is 9.48. The lowest BCUT2D eigenvalue weighted by atomic mass is 10.6. The van der Waals surface area contributed by atoms with E-state index in [-0.39, 0.29) is 0 Å². The van der Waals surface area contributed by atoms with Gasteiger partial charge < -0.3 is 5.32 Å². The molecule has 0 aromatic heterocycles. The Hall–Kier alpha value is -1.05. The maximum atomic E-state index is 9.48. The van der Waals surface area contributed by atoms with Crippen molar-refractivity contribution in [3.8, 4) is 0 Å². The molecule has 0 aliphatic carbocycles. The van der Waals surface area contributed by atoms with E-state index in [4.69, 9.17) is 0 Å². The van der Waals surface area contributed by atoms with Crippen molar-refractivity contribution in [2.24, 2.45) is 0 Å². The van der Waals surface area contributed by atoms with E-state index in [1.807, 2.05) is 0 Å². The molecule has 0 saturated carbocycles. The van der Waals surface area contributed by atoms with Crippen LogP contribution in [0.5, 0.6) is 0 Å². The van der Waals surface area contributed by atoms with Crippen LogP contribution >= 0.6 is 0 Å². The Bertz CT molecular complexity index is 86.1. The summed E-state index contributed by atoms with van der Waals surface area (Å²) in [6, 6.07) is 0. The van der Waals surface area contributed by atoms with Gasteiger partial charge in [0.05, 0.1) is 0 Å². The third-order valence-electron chi connectivity index (χ3n) is 0.397. The van der Waals surface area contributed by atoms with Crippen molar-refractivity contribution in [3.63, 3.8) is 0 Å². The fourth-order valence-electron chi connectivity index (χ4n) is 0.163. The summed E-state index contributed by atoms with van der Waals surface area (Å²) in [6.45, 7) is 3.39. The SMILES string of the molecule is C=C/C=C/NC=O. The van der Waals surface area contributed by atoms with Gasteiger partial charge in [-0.1, -0.05) is 12.7 Å². The van der Waals surface area contributed by atoms with Crippen LogP contribution in [-0.2, 0) is 4.79 Å². The highest BCUT2D eigenvalue weighted by Gasteiger charge is 1.58. The molecule has 0 spiro atoms. The quantitative estimate of drug-likeness (QED) is 0.401. The summed E-state index contributed by atoms with van der Waals surface area (Å²) in [4.78, 5) is 9.48. The van der Waals surface area contributed by atoms with E-state index in [1.54, 1.807) is 12.2 Å². The number of allylic oxidation sites excluding steroid dienone is 2. The first-order valence-electron chi connectivity index (χ1n) is 1.89. The summed E-state index contributed by atoms with van der Waals surface area (Å²) < 4.78 is 0. The van der Waals surface area contributed by atoms with Crippen molar-refractivity contribution in [1.82, 2.24) is 5.32 Å². The first-order valence-corrected chi connectivity index (χ1v) is 1.89. The molecule has 1 amide bonds. The molecule has 2 heteroatoms. The summed E-state index contributed by atoms with van der Waals surface area (Å²) in [5.41, 5.74) is 0. The molecule has 0 aromatic rings. The van der Waals surface area contributed by atoms with Gasteiger partial charge >= 0.3 is 0 Å². The molecule has 1 N–H and O–H groups in total. The van der Waals surface area contributed by atoms with Crippen molar-refractivity contribution in [2.75, 3.05) is 0 Å². The van der Waals surface area contributed by atoms with E-state index in [9.17, 15) is 4.79 Å². The van der Waals surface area contributed by atoms with Crippen LogP contribution in [0.15, 0.2) is 24.9 Å². The molecule has 0 bridgehead atoms. The standard InChI is InChI=1S/C5H7NO/c1-2-3-4-6-5-7/h2-5H,1H2,(H,6,7)/b4-3+. The van der Waals surface area contributed by atoms with Crippen molar-refractivity contribution in [3.05, 3.63) is 24.9 Å². The average molecular weight is 97.1 g/mol. The topological polar surface area (TPSA) is 29.1 Å². The normalized spacial score (nSPS) is 8.57. The van der Waals surface area contributed by atoms with Crippen LogP contribution in [0.4, 0.5) is 0 Å². The lowest BCUT2D eigenvalue weighted by molar-refractivity contribution is -0.108. The summed E-state index contributed by atoms with van der Waals surface area (Å²) in [7, 11) is 0. The summed E-state index contributed by atoms with van der Waals surface area (Å²) in [5.74, 6) is 0. The van der Waals surface area contributed by atoms with E-state index < -0.39 is 0 Å². The second kappa shape index (κ2) is 4.95. The predicted octanol–water partition coefficient (Wildman–Crippen LogP) is 0.432. The Balaban J connectivity index is 3.08. The van der Waals surface area contributed by atoms with E-state index in [1.165, 1.54) is 6.20 Å². The second-order valence-corrected chi connectivity index (χ2v) is 0.879. The molecule has 7 heavy (non-hydrogen) atoms. The molecule has 0 saturated heterocycles. The van der Waals surface area contributed by atoms with Crippen LogP contribution < -0.4 is 5.32 Å². The van der Waals surface area contributed by atoms with Gasteiger partial charge in [0.2, 0.25) is 6.41 Å². The highest BCUT2D eigenvalue weighted by Crippen LogP contribution is 1.62. The van der Waals surface area contributed by atoms with Crippen LogP contribution in [0.2, 0.25) is 0 Å². The van der Waals surface area contributed by atoms with Crippen LogP contribution in [0.25, 0.3) is 0 Å². The third-order valence-corrected chi connectivity index (χ3v) is 0.397. The third kappa shape index (κ3) is 4.95. The van der Waals surface area contributed by atoms with Crippen molar-refractivity contribution in [2.45, 2.75) is 0 Å². The molecule has 0 fully saturated rings. The molecule has 0 rings (SSSR count). The van der Waals surface area contributed by atoms with Crippen molar-refractivity contribution in [1.29, 1.82) is 0 Å². The van der Waals surface area contributed by atoms with E-state index in [0.717, 1.165) is 0 Å². The van der Waals surface area contributed by atoms with E-state index in [2.05, 4.69) is 11.9 Å². The first-order chi connectivity index (χ1) is 3.41. The minimum atomic E-state index is 0.597. The van der Waals surface area contributed by atoms with Gasteiger partial charge in [-0.05, 0) is 6.08 Å². The average Bonchev–Trinajstić information content (AvgIpc) is 1.69.